The fourth-order valence-electron chi connectivity index (χ4n) is 7.29. The molecule has 0 unspecified atom stereocenters. The maximum atomic E-state index is 13.1. The molecule has 35 heavy (non-hydrogen) atoms. The first kappa shape index (κ1) is 23.9. The van der Waals surface area contributed by atoms with Gasteiger partial charge in [0.1, 0.15) is 11.8 Å². The molecule has 2 aromatic carbocycles. The number of ether oxygens (including phenoxy) is 1. The van der Waals surface area contributed by atoms with E-state index < -0.39 is 6.04 Å². The summed E-state index contributed by atoms with van der Waals surface area (Å²) < 4.78 is 5.18. The number of carbonyl (C=O) groups excluding carboxylic acids is 2. The van der Waals surface area contributed by atoms with Gasteiger partial charge in [-0.25, -0.2) is 0 Å². The fraction of sp³-hybridized carbons (Fsp3) is 0.533. The van der Waals surface area contributed by atoms with Gasteiger partial charge in [-0.2, -0.15) is 0 Å². The van der Waals surface area contributed by atoms with Crippen LogP contribution in [0.2, 0.25) is 0 Å². The molecule has 0 aliphatic heterocycles. The standard InChI is InChI=1S/C30H38N2O3/c1-19(2)12-27(29(34)31-25-8-10-26(35-3)11-9-25)32-28(33)23-4-6-24(7-5-23)30-16-20-13-21(17-30)15-22(14-20)18-30/h4-11,19-22,27H,12-18H2,1-3H3,(H,31,34)(H,32,33)/t20?,21?,22?,27-,30?/m1/s1. The first-order chi connectivity index (χ1) is 16.8. The normalized spacial score (nSPS) is 27.5. The molecule has 2 N–H and O–H groups in total. The molecule has 4 fully saturated rings. The van der Waals surface area contributed by atoms with E-state index in [1.54, 1.807) is 31.4 Å². The highest BCUT2D eigenvalue weighted by atomic mass is 16.5. The Bertz CT molecular complexity index is 1020. The summed E-state index contributed by atoms with van der Waals surface area (Å²) in [6, 6.07) is 14.9. The maximum Gasteiger partial charge on any atom is 0.251 e. The fourth-order valence-corrected chi connectivity index (χ4v) is 7.29. The average Bonchev–Trinajstić information content (AvgIpc) is 2.83. The van der Waals surface area contributed by atoms with E-state index in [-0.39, 0.29) is 17.7 Å². The van der Waals surface area contributed by atoms with Crippen LogP contribution in [0.25, 0.3) is 0 Å². The van der Waals surface area contributed by atoms with Crippen molar-refractivity contribution in [3.8, 4) is 5.75 Å². The van der Waals surface area contributed by atoms with Crippen molar-refractivity contribution in [1.29, 1.82) is 0 Å². The van der Waals surface area contributed by atoms with Crippen molar-refractivity contribution >= 4 is 17.5 Å². The molecule has 5 heteroatoms. The zero-order chi connectivity index (χ0) is 24.6. The second kappa shape index (κ2) is 9.67. The highest BCUT2D eigenvalue weighted by Gasteiger charge is 2.51. The Kier molecular flexibility index (Phi) is 6.61. The third-order valence-electron chi connectivity index (χ3n) is 8.48. The van der Waals surface area contributed by atoms with E-state index in [4.69, 9.17) is 4.74 Å². The van der Waals surface area contributed by atoms with Crippen molar-refractivity contribution in [3.05, 3.63) is 59.7 Å². The minimum atomic E-state index is -0.604. The van der Waals surface area contributed by atoms with Crippen LogP contribution in [-0.4, -0.2) is 25.0 Å². The second-order valence-electron chi connectivity index (χ2n) is 11.6. The lowest BCUT2D eigenvalue weighted by Gasteiger charge is -2.57. The van der Waals surface area contributed by atoms with Crippen LogP contribution in [0.4, 0.5) is 5.69 Å². The maximum absolute atomic E-state index is 13.1. The predicted molar refractivity (Wildman–Crippen MR) is 139 cm³/mol. The lowest BCUT2D eigenvalue weighted by Crippen LogP contribution is -2.48. The molecular formula is C30H38N2O3. The van der Waals surface area contributed by atoms with E-state index in [9.17, 15) is 9.59 Å². The van der Waals surface area contributed by atoms with Gasteiger partial charge in [0.15, 0.2) is 0 Å². The summed E-state index contributed by atoms with van der Waals surface area (Å²) in [5.41, 5.74) is 3.02. The lowest BCUT2D eigenvalue weighted by molar-refractivity contribution is -0.118. The summed E-state index contributed by atoms with van der Waals surface area (Å²) in [4.78, 5) is 26.2. The highest BCUT2D eigenvalue weighted by molar-refractivity contribution is 6.01. The van der Waals surface area contributed by atoms with Gasteiger partial charge in [-0.1, -0.05) is 26.0 Å². The highest BCUT2D eigenvalue weighted by Crippen LogP contribution is 2.60. The molecule has 186 valence electrons. The predicted octanol–water partition coefficient (Wildman–Crippen LogP) is 5.95. The van der Waals surface area contributed by atoms with Crippen molar-refractivity contribution in [2.24, 2.45) is 23.7 Å². The molecule has 0 aromatic heterocycles. The van der Waals surface area contributed by atoms with Crippen LogP contribution in [-0.2, 0) is 10.2 Å². The van der Waals surface area contributed by atoms with Gasteiger partial charge < -0.3 is 15.4 Å². The molecule has 4 bridgehead atoms. The number of carbonyl (C=O) groups is 2. The van der Waals surface area contributed by atoms with Crippen LogP contribution >= 0.6 is 0 Å². The Balaban J connectivity index is 1.26. The Morgan fingerprint density at radius 3 is 2.00 bits per heavy atom. The molecule has 4 aliphatic rings. The third kappa shape index (κ3) is 5.10. The number of anilines is 1. The van der Waals surface area contributed by atoms with E-state index in [0.29, 0.717) is 23.1 Å². The Morgan fingerprint density at radius 2 is 1.49 bits per heavy atom. The van der Waals surface area contributed by atoms with Gasteiger partial charge in [0.2, 0.25) is 5.91 Å². The van der Waals surface area contributed by atoms with Gasteiger partial charge in [0.05, 0.1) is 7.11 Å². The molecule has 2 aromatic rings. The minimum Gasteiger partial charge on any atom is -0.497 e. The molecule has 0 saturated heterocycles. The molecule has 1 atom stereocenters. The second-order valence-corrected chi connectivity index (χ2v) is 11.6. The topological polar surface area (TPSA) is 67.4 Å². The van der Waals surface area contributed by atoms with E-state index in [0.717, 1.165) is 23.5 Å². The van der Waals surface area contributed by atoms with Crippen LogP contribution in [0, 0.1) is 23.7 Å². The third-order valence-corrected chi connectivity index (χ3v) is 8.48. The monoisotopic (exact) mass is 474 g/mol. The van der Waals surface area contributed by atoms with Crippen molar-refractivity contribution in [2.75, 3.05) is 12.4 Å². The minimum absolute atomic E-state index is 0.197. The number of methoxy groups -OCH3 is 1. The summed E-state index contributed by atoms with van der Waals surface area (Å²) in [5.74, 6) is 3.27. The summed E-state index contributed by atoms with van der Waals surface area (Å²) >= 11 is 0. The number of amides is 2. The Hall–Kier alpha value is -2.82. The molecule has 4 aliphatic carbocycles. The summed E-state index contributed by atoms with van der Waals surface area (Å²) in [6.07, 6.45) is 8.78. The zero-order valence-electron chi connectivity index (χ0n) is 21.2. The van der Waals surface area contributed by atoms with Gasteiger partial charge in [-0.05, 0) is 116 Å². The summed E-state index contributed by atoms with van der Waals surface area (Å²) in [7, 11) is 1.61. The van der Waals surface area contributed by atoms with Crippen LogP contribution in [0.3, 0.4) is 0 Å². The zero-order valence-corrected chi connectivity index (χ0v) is 21.2. The van der Waals surface area contributed by atoms with Crippen LogP contribution in [0.5, 0.6) is 5.75 Å². The Morgan fingerprint density at radius 1 is 0.914 bits per heavy atom. The van der Waals surface area contributed by atoms with Crippen LogP contribution in [0.1, 0.15) is 74.7 Å². The smallest absolute Gasteiger partial charge is 0.251 e. The van der Waals surface area contributed by atoms with Crippen LogP contribution in [0.15, 0.2) is 48.5 Å². The van der Waals surface area contributed by atoms with E-state index in [1.807, 2.05) is 12.1 Å². The quantitative estimate of drug-likeness (QED) is 0.497. The molecule has 6 rings (SSSR count). The summed E-state index contributed by atoms with van der Waals surface area (Å²) in [6.45, 7) is 4.11. The first-order valence-electron chi connectivity index (χ1n) is 13.2. The number of nitrogens with one attached hydrogen (secondary N) is 2. The molecule has 0 spiro atoms. The lowest BCUT2D eigenvalue weighted by atomic mass is 9.48. The SMILES string of the molecule is COc1ccc(NC(=O)[C@@H](CC(C)C)NC(=O)c2ccc(C34CC5CC(CC(C5)C3)C4)cc2)cc1. The number of hydrogen-bond donors (Lipinski definition) is 2. The van der Waals surface area contributed by atoms with E-state index in [2.05, 4.69) is 36.6 Å². The van der Waals surface area contributed by atoms with Crippen molar-refractivity contribution in [1.82, 2.24) is 5.32 Å². The Labute approximate surface area is 209 Å². The van der Waals surface area contributed by atoms with Gasteiger partial charge in [-0.15, -0.1) is 0 Å². The van der Waals surface area contributed by atoms with Gasteiger partial charge in [0, 0.05) is 11.3 Å². The molecule has 4 saturated carbocycles. The van der Waals surface area contributed by atoms with Gasteiger partial charge >= 0.3 is 0 Å². The molecule has 2 amide bonds. The summed E-state index contributed by atoms with van der Waals surface area (Å²) in [5, 5.41) is 5.92. The van der Waals surface area contributed by atoms with E-state index >= 15 is 0 Å². The molecule has 0 radical (unpaired) electrons. The van der Waals surface area contributed by atoms with Gasteiger partial charge in [0.25, 0.3) is 5.91 Å². The van der Waals surface area contributed by atoms with Crippen molar-refractivity contribution < 1.29 is 14.3 Å². The first-order valence-corrected chi connectivity index (χ1v) is 13.2. The van der Waals surface area contributed by atoms with Crippen molar-refractivity contribution in [3.63, 3.8) is 0 Å². The molecule has 0 heterocycles. The number of benzene rings is 2. The number of rotatable bonds is 8. The average molecular weight is 475 g/mol. The van der Waals surface area contributed by atoms with E-state index in [1.165, 1.54) is 44.1 Å². The molecular weight excluding hydrogens is 436 g/mol. The molecule has 5 nitrogen and oxygen atoms in total. The van der Waals surface area contributed by atoms with Gasteiger partial charge in [-0.3, -0.25) is 9.59 Å². The number of hydrogen-bond acceptors (Lipinski definition) is 3. The van der Waals surface area contributed by atoms with Crippen LogP contribution < -0.4 is 15.4 Å². The van der Waals surface area contributed by atoms with Crippen molar-refractivity contribution in [2.45, 2.75) is 70.3 Å². The largest absolute Gasteiger partial charge is 0.497 e.